The molecular weight excluding hydrogens is 284 g/mol. The van der Waals surface area contributed by atoms with Gasteiger partial charge in [0.25, 0.3) is 0 Å². The molecule has 2 nitrogen and oxygen atoms in total. The number of thioether (sulfide) groups is 1. The number of hydrogen-bond acceptors (Lipinski definition) is 4. The average Bonchev–Trinajstić information content (AvgIpc) is 2.95. The van der Waals surface area contributed by atoms with Gasteiger partial charge in [0.05, 0.1) is 11.4 Å². The number of thiazole rings is 1. The molecule has 0 spiro atoms. The van der Waals surface area contributed by atoms with Gasteiger partial charge in [-0.3, -0.25) is 0 Å². The van der Waals surface area contributed by atoms with Gasteiger partial charge in [0, 0.05) is 21.5 Å². The van der Waals surface area contributed by atoms with Gasteiger partial charge in [-0.2, -0.15) is 0 Å². The normalized spacial score (nSPS) is 10.6. The Hall–Kier alpha value is -1.78. The Morgan fingerprint density at radius 3 is 2.55 bits per heavy atom. The Morgan fingerprint density at radius 1 is 1.00 bits per heavy atom. The second-order valence-corrected chi connectivity index (χ2v) is 6.31. The Morgan fingerprint density at radius 2 is 1.75 bits per heavy atom. The van der Waals surface area contributed by atoms with E-state index in [2.05, 4.69) is 34.6 Å². The highest BCUT2D eigenvalue weighted by Gasteiger charge is 2.07. The number of nitrogens with zero attached hydrogens (tertiary/aromatic N) is 1. The molecule has 4 heteroatoms. The van der Waals surface area contributed by atoms with Crippen LogP contribution in [0.25, 0.3) is 11.3 Å². The highest BCUT2D eigenvalue weighted by Crippen LogP contribution is 2.29. The number of benzene rings is 2. The van der Waals surface area contributed by atoms with E-state index >= 15 is 0 Å². The third-order valence-electron chi connectivity index (χ3n) is 2.89. The summed E-state index contributed by atoms with van der Waals surface area (Å²) in [7, 11) is 0. The summed E-state index contributed by atoms with van der Waals surface area (Å²) in [6.45, 7) is 0. The van der Waals surface area contributed by atoms with Gasteiger partial charge in [-0.15, -0.1) is 23.1 Å². The van der Waals surface area contributed by atoms with Crippen LogP contribution in [0.3, 0.4) is 0 Å². The van der Waals surface area contributed by atoms with Gasteiger partial charge in [0.1, 0.15) is 5.01 Å². The average molecular weight is 298 g/mol. The predicted octanol–water partition coefficient (Wildman–Crippen LogP) is 4.68. The molecule has 3 rings (SSSR count). The van der Waals surface area contributed by atoms with Crippen molar-refractivity contribution >= 4 is 28.8 Å². The molecule has 0 aliphatic rings. The van der Waals surface area contributed by atoms with Gasteiger partial charge in [-0.05, 0) is 18.2 Å². The van der Waals surface area contributed by atoms with Crippen molar-refractivity contribution < 1.29 is 0 Å². The van der Waals surface area contributed by atoms with Crippen molar-refractivity contribution in [2.45, 2.75) is 10.6 Å². The van der Waals surface area contributed by atoms with Crippen LogP contribution < -0.4 is 5.73 Å². The monoisotopic (exact) mass is 298 g/mol. The molecule has 0 aliphatic carbocycles. The second kappa shape index (κ2) is 6.11. The lowest BCUT2D eigenvalue weighted by Gasteiger charge is -2.01. The number of hydrogen-bond donors (Lipinski definition) is 1. The lowest BCUT2D eigenvalue weighted by Crippen LogP contribution is -1.89. The van der Waals surface area contributed by atoms with Crippen molar-refractivity contribution in [3.05, 3.63) is 65.0 Å². The maximum absolute atomic E-state index is 5.99. The third-order valence-corrected chi connectivity index (χ3v) is 4.95. The minimum Gasteiger partial charge on any atom is -0.398 e. The standard InChI is InChI=1S/C16H14N2S2/c17-14-9-5-4-8-13(14)15-10-20-16(18-15)11-19-12-6-2-1-3-7-12/h1-10H,11,17H2. The molecule has 0 fully saturated rings. The lowest BCUT2D eigenvalue weighted by molar-refractivity contribution is 1.26. The summed E-state index contributed by atoms with van der Waals surface area (Å²) in [4.78, 5) is 5.94. The van der Waals surface area contributed by atoms with Crippen LogP contribution in [0, 0.1) is 0 Å². The SMILES string of the molecule is Nc1ccccc1-c1csc(CSc2ccccc2)n1. The highest BCUT2D eigenvalue weighted by atomic mass is 32.2. The summed E-state index contributed by atoms with van der Waals surface area (Å²) in [5, 5.41) is 3.20. The molecule has 0 unspecified atom stereocenters. The molecule has 0 atom stereocenters. The molecule has 0 saturated carbocycles. The van der Waals surface area contributed by atoms with Gasteiger partial charge in [0.15, 0.2) is 0 Å². The molecular formula is C16H14N2S2. The molecule has 0 saturated heterocycles. The molecule has 0 amide bonds. The topological polar surface area (TPSA) is 38.9 Å². The minimum absolute atomic E-state index is 0.778. The van der Waals surface area contributed by atoms with Crippen molar-refractivity contribution in [3.8, 4) is 11.3 Å². The smallest absolute Gasteiger partial charge is 0.104 e. The fourth-order valence-corrected chi connectivity index (χ4v) is 3.62. The van der Waals surface area contributed by atoms with Crippen molar-refractivity contribution in [3.63, 3.8) is 0 Å². The van der Waals surface area contributed by atoms with Crippen molar-refractivity contribution in [2.75, 3.05) is 5.73 Å². The van der Waals surface area contributed by atoms with E-state index < -0.39 is 0 Å². The first kappa shape index (κ1) is 13.2. The summed E-state index contributed by atoms with van der Waals surface area (Å²) >= 11 is 3.49. The van der Waals surface area contributed by atoms with Crippen LogP contribution >= 0.6 is 23.1 Å². The zero-order valence-electron chi connectivity index (χ0n) is 10.8. The molecule has 2 aromatic carbocycles. The number of anilines is 1. The molecule has 20 heavy (non-hydrogen) atoms. The number of aromatic nitrogens is 1. The third kappa shape index (κ3) is 3.03. The van der Waals surface area contributed by atoms with Gasteiger partial charge in [0.2, 0.25) is 0 Å². The summed E-state index contributed by atoms with van der Waals surface area (Å²) < 4.78 is 0. The van der Waals surface area contributed by atoms with Crippen molar-refractivity contribution in [1.29, 1.82) is 0 Å². The summed E-state index contributed by atoms with van der Waals surface area (Å²) in [5.41, 5.74) is 8.75. The Labute approximate surface area is 126 Å². The van der Waals surface area contributed by atoms with Crippen LogP contribution in [0.15, 0.2) is 64.9 Å². The highest BCUT2D eigenvalue weighted by molar-refractivity contribution is 7.98. The van der Waals surface area contributed by atoms with E-state index in [0.717, 1.165) is 27.7 Å². The van der Waals surface area contributed by atoms with Crippen molar-refractivity contribution in [2.24, 2.45) is 0 Å². The molecule has 0 radical (unpaired) electrons. The fourth-order valence-electron chi connectivity index (χ4n) is 1.89. The van der Waals surface area contributed by atoms with Crippen LogP contribution in [0.2, 0.25) is 0 Å². The molecule has 2 N–H and O–H groups in total. The van der Waals surface area contributed by atoms with Gasteiger partial charge in [-0.1, -0.05) is 36.4 Å². The minimum atomic E-state index is 0.778. The van der Waals surface area contributed by atoms with E-state index in [4.69, 9.17) is 5.73 Å². The van der Waals surface area contributed by atoms with E-state index in [1.54, 1.807) is 23.1 Å². The van der Waals surface area contributed by atoms with Crippen LogP contribution in [0.5, 0.6) is 0 Å². The van der Waals surface area contributed by atoms with Gasteiger partial charge < -0.3 is 5.73 Å². The number of nitrogens with two attached hydrogens (primary N) is 1. The largest absolute Gasteiger partial charge is 0.398 e. The molecule has 3 aromatic rings. The first-order valence-electron chi connectivity index (χ1n) is 6.30. The summed E-state index contributed by atoms with van der Waals surface area (Å²) in [6.07, 6.45) is 0. The Bertz CT molecular complexity index is 692. The van der Waals surface area contributed by atoms with Crippen LogP contribution in [-0.4, -0.2) is 4.98 Å². The lowest BCUT2D eigenvalue weighted by atomic mass is 10.1. The van der Waals surface area contributed by atoms with Crippen LogP contribution in [0.4, 0.5) is 5.69 Å². The Kier molecular flexibility index (Phi) is 4.04. The molecule has 100 valence electrons. The predicted molar refractivity (Wildman–Crippen MR) is 88.0 cm³/mol. The maximum Gasteiger partial charge on any atom is 0.104 e. The van der Waals surface area contributed by atoms with E-state index in [1.165, 1.54) is 4.90 Å². The molecule has 1 heterocycles. The quantitative estimate of drug-likeness (QED) is 0.561. The fraction of sp³-hybridized carbons (Fsp3) is 0.0625. The van der Waals surface area contributed by atoms with Gasteiger partial charge in [-0.25, -0.2) is 4.98 Å². The van der Waals surface area contributed by atoms with E-state index in [9.17, 15) is 0 Å². The first-order valence-corrected chi connectivity index (χ1v) is 8.16. The zero-order chi connectivity index (χ0) is 13.8. The zero-order valence-corrected chi connectivity index (χ0v) is 12.5. The molecule has 0 aliphatic heterocycles. The summed E-state index contributed by atoms with van der Waals surface area (Å²) in [5.74, 6) is 0.890. The van der Waals surface area contributed by atoms with Gasteiger partial charge >= 0.3 is 0 Å². The number of rotatable bonds is 4. The van der Waals surface area contributed by atoms with E-state index in [0.29, 0.717) is 0 Å². The first-order chi connectivity index (χ1) is 9.83. The second-order valence-electron chi connectivity index (χ2n) is 4.32. The summed E-state index contributed by atoms with van der Waals surface area (Å²) in [6, 6.07) is 18.2. The number of para-hydroxylation sites is 1. The maximum atomic E-state index is 5.99. The molecule has 0 bridgehead atoms. The van der Waals surface area contributed by atoms with Crippen LogP contribution in [0.1, 0.15) is 5.01 Å². The van der Waals surface area contributed by atoms with E-state index in [1.807, 2.05) is 30.3 Å². The molecule has 1 aromatic heterocycles. The van der Waals surface area contributed by atoms with Crippen LogP contribution in [-0.2, 0) is 5.75 Å². The number of nitrogen functional groups attached to an aromatic ring is 1. The van der Waals surface area contributed by atoms with E-state index in [-0.39, 0.29) is 0 Å². The Balaban J connectivity index is 1.73. The van der Waals surface area contributed by atoms with Crippen molar-refractivity contribution in [1.82, 2.24) is 4.98 Å².